The lowest BCUT2D eigenvalue weighted by molar-refractivity contribution is 1.24. The lowest BCUT2D eigenvalue weighted by Gasteiger charge is -2.02. The van der Waals surface area contributed by atoms with Crippen molar-refractivity contribution in [2.45, 2.75) is 32.6 Å². The fourth-order valence-electron chi connectivity index (χ4n) is 0.798. The zero-order valence-corrected chi connectivity index (χ0v) is 9.63. The summed E-state index contributed by atoms with van der Waals surface area (Å²) in [5.41, 5.74) is 2.39. The fourth-order valence-corrected chi connectivity index (χ4v) is 1.46. The fraction of sp³-hybridized carbons (Fsp3) is 0.400. The van der Waals surface area contributed by atoms with Crippen LogP contribution < -0.4 is 0 Å². The summed E-state index contributed by atoms with van der Waals surface area (Å²) in [6, 6.07) is 3.80. The van der Waals surface area contributed by atoms with E-state index in [9.17, 15) is 0 Å². The third-order valence-electron chi connectivity index (χ3n) is 1.60. The normalized spacial score (nSPS) is 8.83. The maximum atomic E-state index is 5.77. The number of aryl methyl sites for hydroxylation is 1. The zero-order chi connectivity index (χ0) is 9.72. The highest BCUT2D eigenvalue weighted by atomic mass is 35.5. The van der Waals surface area contributed by atoms with Crippen molar-refractivity contribution in [3.05, 3.63) is 28.3 Å². The predicted molar refractivity (Wildman–Crippen MR) is 59.5 cm³/mol. The van der Waals surface area contributed by atoms with Crippen molar-refractivity contribution < 1.29 is 0 Å². The van der Waals surface area contributed by atoms with Gasteiger partial charge in [-0.1, -0.05) is 25.4 Å². The van der Waals surface area contributed by atoms with Gasteiger partial charge >= 0.3 is 0 Å². The Morgan fingerprint density at radius 1 is 1.17 bits per heavy atom. The van der Waals surface area contributed by atoms with Crippen LogP contribution >= 0.6 is 24.2 Å². The van der Waals surface area contributed by atoms with Crippen LogP contribution in [0.5, 0.6) is 0 Å². The van der Waals surface area contributed by atoms with Crippen LogP contribution in [0.15, 0.2) is 17.0 Å². The molecule has 12 heavy (non-hydrogen) atoms. The predicted octanol–water partition coefficient (Wildman–Crippen LogP) is 4.27. The number of thiol groups is 1. The Hall–Kier alpha value is -0.140. The molecule has 2 heteroatoms. The molecule has 0 aliphatic rings. The van der Waals surface area contributed by atoms with Crippen LogP contribution in [0.3, 0.4) is 0 Å². The van der Waals surface area contributed by atoms with Crippen LogP contribution in [0, 0.1) is 13.8 Å². The molecule has 0 radical (unpaired) electrons. The average molecular weight is 203 g/mol. The molecular formula is C10H15ClS. The SMILES string of the molecule is CC.Cc1cc(Cl)cc(S)c1C. The van der Waals surface area contributed by atoms with Crippen LogP contribution in [-0.2, 0) is 0 Å². The van der Waals surface area contributed by atoms with E-state index in [0.29, 0.717) is 0 Å². The first kappa shape index (κ1) is 11.9. The minimum Gasteiger partial charge on any atom is -0.143 e. The molecule has 0 atom stereocenters. The lowest BCUT2D eigenvalue weighted by atomic mass is 10.1. The molecule has 0 aliphatic carbocycles. The molecule has 0 saturated heterocycles. The summed E-state index contributed by atoms with van der Waals surface area (Å²) in [6.07, 6.45) is 0. The third kappa shape index (κ3) is 3.08. The van der Waals surface area contributed by atoms with E-state index in [4.69, 9.17) is 11.6 Å². The first-order chi connectivity index (χ1) is 5.61. The van der Waals surface area contributed by atoms with Gasteiger partial charge in [-0.15, -0.1) is 12.6 Å². The van der Waals surface area contributed by atoms with Crippen LogP contribution in [0.4, 0.5) is 0 Å². The highest BCUT2D eigenvalue weighted by Crippen LogP contribution is 2.21. The Bertz CT molecular complexity index is 233. The van der Waals surface area contributed by atoms with E-state index in [2.05, 4.69) is 12.6 Å². The van der Waals surface area contributed by atoms with Crippen molar-refractivity contribution in [3.63, 3.8) is 0 Å². The highest BCUT2D eigenvalue weighted by molar-refractivity contribution is 7.80. The topological polar surface area (TPSA) is 0 Å². The number of hydrogen-bond donors (Lipinski definition) is 1. The van der Waals surface area contributed by atoms with E-state index < -0.39 is 0 Å². The molecule has 0 aliphatic heterocycles. The van der Waals surface area contributed by atoms with Gasteiger partial charge in [0.1, 0.15) is 0 Å². The van der Waals surface area contributed by atoms with E-state index in [-0.39, 0.29) is 0 Å². The molecule has 0 nitrogen and oxygen atoms in total. The van der Waals surface area contributed by atoms with Crippen molar-refractivity contribution in [1.82, 2.24) is 0 Å². The molecule has 1 aromatic rings. The zero-order valence-electron chi connectivity index (χ0n) is 7.98. The monoisotopic (exact) mass is 202 g/mol. The summed E-state index contributed by atoms with van der Waals surface area (Å²) in [5.74, 6) is 0. The summed E-state index contributed by atoms with van der Waals surface area (Å²) in [6.45, 7) is 8.06. The summed E-state index contributed by atoms with van der Waals surface area (Å²) in [7, 11) is 0. The number of halogens is 1. The van der Waals surface area contributed by atoms with Crippen molar-refractivity contribution >= 4 is 24.2 Å². The first-order valence-electron chi connectivity index (χ1n) is 4.07. The van der Waals surface area contributed by atoms with Gasteiger partial charge in [-0.3, -0.25) is 0 Å². The van der Waals surface area contributed by atoms with Gasteiger partial charge in [-0.2, -0.15) is 0 Å². The van der Waals surface area contributed by atoms with Crippen LogP contribution in [-0.4, -0.2) is 0 Å². The highest BCUT2D eigenvalue weighted by Gasteiger charge is 1.98. The summed E-state index contributed by atoms with van der Waals surface area (Å²) >= 11 is 10.0. The van der Waals surface area contributed by atoms with Crippen molar-refractivity contribution in [2.75, 3.05) is 0 Å². The van der Waals surface area contributed by atoms with Crippen molar-refractivity contribution in [3.8, 4) is 0 Å². The molecule has 0 heterocycles. The lowest BCUT2D eigenvalue weighted by Crippen LogP contribution is -1.81. The number of benzene rings is 1. The molecule has 0 amide bonds. The van der Waals surface area contributed by atoms with Crippen LogP contribution in [0.2, 0.25) is 5.02 Å². The Balaban J connectivity index is 0.000000561. The van der Waals surface area contributed by atoms with E-state index in [0.717, 1.165) is 9.92 Å². The first-order valence-corrected chi connectivity index (χ1v) is 4.89. The minimum absolute atomic E-state index is 0.758. The molecule has 1 aromatic carbocycles. The van der Waals surface area contributed by atoms with Gasteiger partial charge in [0.15, 0.2) is 0 Å². The van der Waals surface area contributed by atoms with Gasteiger partial charge in [-0.05, 0) is 37.1 Å². The Morgan fingerprint density at radius 3 is 2.08 bits per heavy atom. The largest absolute Gasteiger partial charge is 0.143 e. The quantitative estimate of drug-likeness (QED) is 0.597. The van der Waals surface area contributed by atoms with Gasteiger partial charge in [0.05, 0.1) is 0 Å². The van der Waals surface area contributed by atoms with Crippen molar-refractivity contribution in [1.29, 1.82) is 0 Å². The second-order valence-electron chi connectivity index (χ2n) is 2.37. The van der Waals surface area contributed by atoms with Gasteiger partial charge in [0.25, 0.3) is 0 Å². The summed E-state index contributed by atoms with van der Waals surface area (Å²) in [4.78, 5) is 0.963. The molecule has 1 rings (SSSR count). The number of hydrogen-bond acceptors (Lipinski definition) is 1. The molecule has 0 spiro atoms. The van der Waals surface area contributed by atoms with Gasteiger partial charge in [0, 0.05) is 9.92 Å². The van der Waals surface area contributed by atoms with Crippen LogP contribution in [0.1, 0.15) is 25.0 Å². The molecule has 0 fully saturated rings. The Morgan fingerprint density at radius 2 is 1.67 bits per heavy atom. The minimum atomic E-state index is 0.758. The van der Waals surface area contributed by atoms with E-state index in [1.54, 1.807) is 0 Å². The number of rotatable bonds is 0. The smallest absolute Gasteiger partial charge is 0.0419 e. The molecule has 68 valence electrons. The van der Waals surface area contributed by atoms with E-state index in [1.165, 1.54) is 11.1 Å². The average Bonchev–Trinajstić information content (AvgIpc) is 2.04. The van der Waals surface area contributed by atoms with Crippen LogP contribution in [0.25, 0.3) is 0 Å². The summed E-state index contributed by atoms with van der Waals surface area (Å²) < 4.78 is 0. The standard InChI is InChI=1S/C8H9ClS.C2H6/c1-5-3-7(9)4-8(10)6(5)2;1-2/h3-4,10H,1-2H3;1-2H3. The second-order valence-corrected chi connectivity index (χ2v) is 3.29. The Labute approximate surface area is 85.4 Å². The van der Waals surface area contributed by atoms with Gasteiger partial charge < -0.3 is 0 Å². The van der Waals surface area contributed by atoms with Gasteiger partial charge in [0.2, 0.25) is 0 Å². The third-order valence-corrected chi connectivity index (χ3v) is 2.29. The van der Waals surface area contributed by atoms with Crippen molar-refractivity contribution in [2.24, 2.45) is 0 Å². The molecule has 0 bridgehead atoms. The molecule has 0 N–H and O–H groups in total. The second kappa shape index (κ2) is 5.50. The van der Waals surface area contributed by atoms with E-state index in [1.807, 2.05) is 39.8 Å². The Kier molecular flexibility index (Phi) is 5.43. The molecular weight excluding hydrogens is 188 g/mol. The maximum Gasteiger partial charge on any atom is 0.0419 e. The van der Waals surface area contributed by atoms with E-state index >= 15 is 0 Å². The molecule has 0 unspecified atom stereocenters. The molecule has 0 aromatic heterocycles. The molecule has 0 saturated carbocycles. The van der Waals surface area contributed by atoms with Gasteiger partial charge in [-0.25, -0.2) is 0 Å². The summed E-state index contributed by atoms with van der Waals surface area (Å²) in [5, 5.41) is 0.758. The maximum absolute atomic E-state index is 5.77.